The van der Waals surface area contributed by atoms with E-state index in [1.165, 1.54) is 5.56 Å². The highest BCUT2D eigenvalue weighted by Gasteiger charge is 2.14. The average molecular weight is 294 g/mol. The summed E-state index contributed by atoms with van der Waals surface area (Å²) in [6.45, 7) is 6.07. The predicted molar refractivity (Wildman–Crippen MR) is 83.5 cm³/mol. The highest BCUT2D eigenvalue weighted by atomic mass is 32.1. The number of β-amino-alcohol motifs (C(OH)–C–C–N with tert-alkyl or cyclic N) is 1. The zero-order chi connectivity index (χ0) is 14.4. The van der Waals surface area contributed by atoms with E-state index < -0.39 is 0 Å². The van der Waals surface area contributed by atoms with Crippen LogP contribution in [-0.4, -0.2) is 64.2 Å². The molecule has 0 spiro atoms. The molecular formula is C14H22N4OS. The van der Waals surface area contributed by atoms with E-state index in [0.717, 1.165) is 45.7 Å². The molecule has 1 aromatic heterocycles. The monoisotopic (exact) mass is 294 g/mol. The Labute approximate surface area is 125 Å². The van der Waals surface area contributed by atoms with Gasteiger partial charge in [-0.05, 0) is 37.2 Å². The van der Waals surface area contributed by atoms with Crippen LogP contribution in [-0.2, 0) is 6.54 Å². The first-order chi connectivity index (χ1) is 9.69. The van der Waals surface area contributed by atoms with Crippen molar-refractivity contribution in [3.8, 4) is 0 Å². The molecule has 1 aromatic rings. The maximum absolute atomic E-state index is 9.01. The van der Waals surface area contributed by atoms with Crippen LogP contribution >= 0.6 is 12.2 Å². The number of aliphatic hydroxyl groups excluding tert-OH is 1. The zero-order valence-electron chi connectivity index (χ0n) is 11.7. The van der Waals surface area contributed by atoms with Gasteiger partial charge in [0.25, 0.3) is 0 Å². The lowest BCUT2D eigenvalue weighted by Gasteiger charge is -2.21. The van der Waals surface area contributed by atoms with Gasteiger partial charge in [0, 0.05) is 32.4 Å². The SMILES string of the molecule is NC(=S)c1cc(CN2CCCN(CCO)CC2)ccn1. The first-order valence-corrected chi connectivity index (χ1v) is 7.40. The van der Waals surface area contributed by atoms with E-state index in [2.05, 4.69) is 14.8 Å². The Morgan fingerprint density at radius 1 is 1.30 bits per heavy atom. The molecule has 1 fully saturated rings. The second kappa shape index (κ2) is 7.64. The van der Waals surface area contributed by atoms with Gasteiger partial charge in [0.2, 0.25) is 0 Å². The minimum atomic E-state index is 0.238. The number of pyridine rings is 1. The second-order valence-corrected chi connectivity index (χ2v) is 5.55. The van der Waals surface area contributed by atoms with Gasteiger partial charge < -0.3 is 10.8 Å². The minimum absolute atomic E-state index is 0.238. The molecule has 0 unspecified atom stereocenters. The van der Waals surface area contributed by atoms with Gasteiger partial charge in [-0.2, -0.15) is 0 Å². The summed E-state index contributed by atoms with van der Waals surface area (Å²) < 4.78 is 0. The van der Waals surface area contributed by atoms with E-state index in [9.17, 15) is 0 Å². The zero-order valence-corrected chi connectivity index (χ0v) is 12.5. The summed E-state index contributed by atoms with van der Waals surface area (Å²) in [5, 5.41) is 9.01. The Balaban J connectivity index is 1.93. The fourth-order valence-corrected chi connectivity index (χ4v) is 2.62. The lowest BCUT2D eigenvalue weighted by atomic mass is 10.2. The summed E-state index contributed by atoms with van der Waals surface area (Å²) in [7, 11) is 0. The molecule has 0 aliphatic carbocycles. The van der Waals surface area contributed by atoms with Crippen LogP contribution in [0.2, 0.25) is 0 Å². The van der Waals surface area contributed by atoms with Gasteiger partial charge in [-0.3, -0.25) is 14.8 Å². The number of aliphatic hydroxyl groups is 1. The van der Waals surface area contributed by atoms with Gasteiger partial charge in [-0.15, -0.1) is 0 Å². The van der Waals surface area contributed by atoms with Crippen LogP contribution < -0.4 is 5.73 Å². The second-order valence-electron chi connectivity index (χ2n) is 5.11. The fourth-order valence-electron chi connectivity index (χ4n) is 2.51. The van der Waals surface area contributed by atoms with Crippen molar-refractivity contribution < 1.29 is 5.11 Å². The molecule has 0 atom stereocenters. The molecule has 6 heteroatoms. The standard InChI is InChI=1S/C14H22N4OS/c15-14(20)13-10-12(2-3-16-13)11-18-5-1-4-17(6-7-18)8-9-19/h2-3,10,19H,1,4-9,11H2,(H2,15,20). The van der Waals surface area contributed by atoms with E-state index in [0.29, 0.717) is 10.7 Å². The van der Waals surface area contributed by atoms with Crippen LogP contribution in [0, 0.1) is 0 Å². The van der Waals surface area contributed by atoms with Crippen molar-refractivity contribution in [2.75, 3.05) is 39.3 Å². The fraction of sp³-hybridized carbons (Fsp3) is 0.571. The van der Waals surface area contributed by atoms with Gasteiger partial charge in [-0.25, -0.2) is 0 Å². The number of rotatable bonds is 5. The molecule has 1 saturated heterocycles. The molecule has 1 aliphatic rings. The third-order valence-electron chi connectivity index (χ3n) is 3.58. The molecule has 0 aromatic carbocycles. The van der Waals surface area contributed by atoms with E-state index in [4.69, 9.17) is 23.1 Å². The molecule has 110 valence electrons. The highest BCUT2D eigenvalue weighted by Crippen LogP contribution is 2.09. The van der Waals surface area contributed by atoms with Crippen LogP contribution in [0.4, 0.5) is 0 Å². The Hall–Kier alpha value is -1.08. The maximum atomic E-state index is 9.01. The number of nitrogens with zero attached hydrogens (tertiary/aromatic N) is 3. The summed E-state index contributed by atoms with van der Waals surface area (Å²) in [6.07, 6.45) is 2.90. The summed E-state index contributed by atoms with van der Waals surface area (Å²) in [6, 6.07) is 3.98. The van der Waals surface area contributed by atoms with Crippen LogP contribution in [0.1, 0.15) is 17.7 Å². The third-order valence-corrected chi connectivity index (χ3v) is 3.79. The maximum Gasteiger partial charge on any atom is 0.122 e. The molecule has 5 nitrogen and oxygen atoms in total. The largest absolute Gasteiger partial charge is 0.395 e. The molecule has 0 saturated carbocycles. The van der Waals surface area contributed by atoms with Crippen molar-refractivity contribution in [1.29, 1.82) is 0 Å². The Kier molecular flexibility index (Phi) is 5.85. The molecule has 3 N–H and O–H groups in total. The molecule has 20 heavy (non-hydrogen) atoms. The normalized spacial score (nSPS) is 17.9. The molecule has 0 amide bonds. The average Bonchev–Trinajstić information content (AvgIpc) is 2.65. The smallest absolute Gasteiger partial charge is 0.122 e. The number of hydrogen-bond donors (Lipinski definition) is 2. The lowest BCUT2D eigenvalue weighted by molar-refractivity contribution is 0.196. The van der Waals surface area contributed by atoms with E-state index in [-0.39, 0.29) is 6.61 Å². The third kappa shape index (κ3) is 4.49. The van der Waals surface area contributed by atoms with Gasteiger partial charge in [-0.1, -0.05) is 12.2 Å². The summed E-state index contributed by atoms with van der Waals surface area (Å²) in [5.41, 5.74) is 7.50. The lowest BCUT2D eigenvalue weighted by Crippen LogP contribution is -2.32. The van der Waals surface area contributed by atoms with Crippen molar-refractivity contribution in [3.63, 3.8) is 0 Å². The van der Waals surface area contributed by atoms with Gasteiger partial charge in [0.05, 0.1) is 12.3 Å². The summed E-state index contributed by atoms with van der Waals surface area (Å²) in [5.74, 6) is 0. The van der Waals surface area contributed by atoms with E-state index in [1.54, 1.807) is 6.20 Å². The van der Waals surface area contributed by atoms with Crippen molar-refractivity contribution in [1.82, 2.24) is 14.8 Å². The first kappa shape index (κ1) is 15.3. The van der Waals surface area contributed by atoms with Gasteiger partial charge in [0.1, 0.15) is 4.99 Å². The van der Waals surface area contributed by atoms with Crippen LogP contribution in [0.15, 0.2) is 18.3 Å². The molecule has 2 rings (SSSR count). The Morgan fingerprint density at radius 3 is 2.80 bits per heavy atom. The van der Waals surface area contributed by atoms with E-state index in [1.807, 2.05) is 12.1 Å². The Bertz CT molecular complexity index is 455. The number of thiocarbonyl (C=S) groups is 1. The number of aromatic nitrogens is 1. The molecular weight excluding hydrogens is 272 g/mol. The molecule has 0 bridgehead atoms. The number of nitrogens with two attached hydrogens (primary N) is 1. The summed E-state index contributed by atoms with van der Waals surface area (Å²) in [4.78, 5) is 9.25. The Morgan fingerprint density at radius 2 is 2.05 bits per heavy atom. The predicted octanol–water partition coefficient (Wildman–Crippen LogP) is 0.216. The minimum Gasteiger partial charge on any atom is -0.395 e. The van der Waals surface area contributed by atoms with Crippen LogP contribution in [0.25, 0.3) is 0 Å². The first-order valence-electron chi connectivity index (χ1n) is 6.99. The molecule has 0 radical (unpaired) electrons. The van der Waals surface area contributed by atoms with E-state index >= 15 is 0 Å². The van der Waals surface area contributed by atoms with Crippen molar-refractivity contribution >= 4 is 17.2 Å². The van der Waals surface area contributed by atoms with Crippen molar-refractivity contribution in [2.45, 2.75) is 13.0 Å². The van der Waals surface area contributed by atoms with Gasteiger partial charge >= 0.3 is 0 Å². The van der Waals surface area contributed by atoms with Gasteiger partial charge in [0.15, 0.2) is 0 Å². The summed E-state index contributed by atoms with van der Waals surface area (Å²) >= 11 is 4.96. The highest BCUT2D eigenvalue weighted by molar-refractivity contribution is 7.80. The molecule has 1 aliphatic heterocycles. The van der Waals surface area contributed by atoms with Crippen LogP contribution in [0.5, 0.6) is 0 Å². The van der Waals surface area contributed by atoms with Crippen molar-refractivity contribution in [2.24, 2.45) is 5.73 Å². The quantitative estimate of drug-likeness (QED) is 0.757. The number of hydrogen-bond acceptors (Lipinski definition) is 5. The topological polar surface area (TPSA) is 65.6 Å². The van der Waals surface area contributed by atoms with Crippen molar-refractivity contribution in [3.05, 3.63) is 29.6 Å². The molecule has 2 heterocycles. The van der Waals surface area contributed by atoms with Crippen LogP contribution in [0.3, 0.4) is 0 Å².